The fourth-order valence-corrected chi connectivity index (χ4v) is 5.10. The molecule has 0 aromatic heterocycles. The predicted octanol–water partition coefficient (Wildman–Crippen LogP) is 7.84. The summed E-state index contributed by atoms with van der Waals surface area (Å²) in [6.07, 6.45) is 3.29. The summed E-state index contributed by atoms with van der Waals surface area (Å²) in [5, 5.41) is 5.94. The lowest BCUT2D eigenvalue weighted by atomic mass is 9.97. The maximum Gasteiger partial charge on any atom is 0.408 e. The third-order valence-corrected chi connectivity index (χ3v) is 7.62. The fraction of sp³-hybridized carbons (Fsp3) is 0.432. The van der Waals surface area contributed by atoms with Gasteiger partial charge < -0.3 is 20.3 Å². The molecule has 2 atom stereocenters. The third kappa shape index (κ3) is 10.2. The van der Waals surface area contributed by atoms with E-state index in [-0.39, 0.29) is 18.2 Å². The summed E-state index contributed by atoms with van der Waals surface area (Å²) >= 11 is 0. The Morgan fingerprint density at radius 2 is 1.50 bits per heavy atom. The Hall–Kier alpha value is -4.13. The van der Waals surface area contributed by atoms with Gasteiger partial charge in [-0.2, -0.15) is 0 Å². The van der Waals surface area contributed by atoms with Gasteiger partial charge in [-0.1, -0.05) is 92.9 Å². The molecule has 0 heterocycles. The smallest absolute Gasteiger partial charge is 0.408 e. The van der Waals surface area contributed by atoms with Crippen LogP contribution in [-0.2, 0) is 20.7 Å². The van der Waals surface area contributed by atoms with Crippen molar-refractivity contribution in [2.75, 3.05) is 11.9 Å². The number of amides is 3. The number of para-hydroxylation sites is 1. The largest absolute Gasteiger partial charge is 0.444 e. The number of carbonyl (C=O) groups excluding carboxylic acids is 3. The van der Waals surface area contributed by atoms with Crippen molar-refractivity contribution in [3.05, 3.63) is 101 Å². The molecule has 0 radical (unpaired) electrons. The Morgan fingerprint density at radius 1 is 0.818 bits per heavy atom. The molecule has 236 valence electrons. The first-order valence-electron chi connectivity index (χ1n) is 15.7. The molecule has 0 fully saturated rings. The molecular formula is C37H49N3O4. The van der Waals surface area contributed by atoms with Crippen LogP contribution in [0.3, 0.4) is 0 Å². The second kappa shape index (κ2) is 16.1. The van der Waals surface area contributed by atoms with Crippen LogP contribution in [0.4, 0.5) is 10.5 Å². The standard InChI is InChI=1S/C37H49N3O4/c1-8-9-10-16-23-40(35(42)32(25-29-18-12-11-13-19-29)39-36(43)44-37(5,6)7)33(30-22-21-26(2)28(4)24-30)34(41)38-31-20-15-14-17-27(31)3/h11-15,17-22,24,32-33H,8-10,16,23,25H2,1-7H3,(H,38,41)(H,39,43). The summed E-state index contributed by atoms with van der Waals surface area (Å²) in [5.41, 5.74) is 4.62. The van der Waals surface area contributed by atoms with Crippen LogP contribution in [0, 0.1) is 20.8 Å². The molecule has 7 nitrogen and oxygen atoms in total. The van der Waals surface area contributed by atoms with E-state index in [0.717, 1.165) is 53.5 Å². The van der Waals surface area contributed by atoms with Crippen molar-refractivity contribution >= 4 is 23.6 Å². The molecule has 0 aliphatic heterocycles. The fourth-order valence-electron chi connectivity index (χ4n) is 5.10. The second-order valence-corrected chi connectivity index (χ2v) is 12.5. The van der Waals surface area contributed by atoms with Crippen molar-refractivity contribution in [3.8, 4) is 0 Å². The molecule has 0 spiro atoms. The Balaban J connectivity index is 2.09. The number of rotatable bonds is 13. The molecule has 0 aliphatic carbocycles. The molecule has 0 saturated heterocycles. The van der Waals surface area contributed by atoms with Gasteiger partial charge in [0.2, 0.25) is 5.91 Å². The summed E-state index contributed by atoms with van der Waals surface area (Å²) in [5.74, 6) is -0.638. The summed E-state index contributed by atoms with van der Waals surface area (Å²) in [6.45, 7) is 13.8. The van der Waals surface area contributed by atoms with E-state index in [4.69, 9.17) is 4.74 Å². The predicted molar refractivity (Wildman–Crippen MR) is 178 cm³/mol. The molecule has 0 aliphatic rings. The molecule has 0 bridgehead atoms. The van der Waals surface area contributed by atoms with Crippen LogP contribution in [0.2, 0.25) is 0 Å². The highest BCUT2D eigenvalue weighted by molar-refractivity contribution is 5.99. The average molecular weight is 600 g/mol. The number of hydrogen-bond donors (Lipinski definition) is 2. The monoisotopic (exact) mass is 599 g/mol. The van der Waals surface area contributed by atoms with Gasteiger partial charge in [0.1, 0.15) is 17.7 Å². The van der Waals surface area contributed by atoms with E-state index in [1.165, 1.54) is 0 Å². The molecule has 0 saturated carbocycles. The highest BCUT2D eigenvalue weighted by Gasteiger charge is 2.36. The van der Waals surface area contributed by atoms with Crippen molar-refractivity contribution < 1.29 is 19.1 Å². The van der Waals surface area contributed by atoms with E-state index in [9.17, 15) is 14.4 Å². The SMILES string of the molecule is CCCCCCN(C(=O)C(Cc1ccccc1)NC(=O)OC(C)(C)C)C(C(=O)Nc1ccccc1C)c1ccc(C)c(C)c1. The van der Waals surface area contributed by atoms with Gasteiger partial charge in [-0.05, 0) is 81.8 Å². The lowest BCUT2D eigenvalue weighted by molar-refractivity contribution is -0.140. The van der Waals surface area contributed by atoms with Crippen LogP contribution in [0.1, 0.15) is 87.2 Å². The molecule has 3 rings (SSSR count). The Bertz CT molecular complexity index is 1400. The second-order valence-electron chi connectivity index (χ2n) is 12.5. The molecule has 2 unspecified atom stereocenters. The summed E-state index contributed by atoms with van der Waals surface area (Å²) in [4.78, 5) is 43.6. The molecule has 3 amide bonds. The third-order valence-electron chi connectivity index (χ3n) is 7.62. The summed E-state index contributed by atoms with van der Waals surface area (Å²) in [7, 11) is 0. The minimum Gasteiger partial charge on any atom is -0.444 e. The first kappa shape index (κ1) is 34.4. The highest BCUT2D eigenvalue weighted by Crippen LogP contribution is 2.28. The molecule has 3 aromatic rings. The van der Waals surface area contributed by atoms with E-state index in [0.29, 0.717) is 12.2 Å². The molecule has 44 heavy (non-hydrogen) atoms. The maximum absolute atomic E-state index is 14.7. The van der Waals surface area contributed by atoms with Crippen molar-refractivity contribution in [3.63, 3.8) is 0 Å². The number of unbranched alkanes of at least 4 members (excludes halogenated alkanes) is 3. The van der Waals surface area contributed by atoms with Gasteiger partial charge in [0.05, 0.1) is 0 Å². The molecular weight excluding hydrogens is 550 g/mol. The number of benzene rings is 3. The van der Waals surface area contributed by atoms with E-state index in [1.54, 1.807) is 25.7 Å². The van der Waals surface area contributed by atoms with Crippen LogP contribution in [-0.4, -0.2) is 41.0 Å². The van der Waals surface area contributed by atoms with Crippen LogP contribution in [0.5, 0.6) is 0 Å². The molecule has 3 aromatic carbocycles. The van der Waals surface area contributed by atoms with Gasteiger partial charge in [-0.25, -0.2) is 4.79 Å². The lowest BCUT2D eigenvalue weighted by Crippen LogP contribution is -2.53. The van der Waals surface area contributed by atoms with Gasteiger partial charge in [-0.3, -0.25) is 9.59 Å². The number of nitrogens with one attached hydrogen (secondary N) is 2. The quantitative estimate of drug-likeness (QED) is 0.196. The van der Waals surface area contributed by atoms with Crippen molar-refractivity contribution in [1.82, 2.24) is 10.2 Å². The molecule has 7 heteroatoms. The van der Waals surface area contributed by atoms with Crippen LogP contribution in [0.25, 0.3) is 0 Å². The average Bonchev–Trinajstić information content (AvgIpc) is 2.96. The number of nitrogens with zero attached hydrogens (tertiary/aromatic N) is 1. The van der Waals surface area contributed by atoms with E-state index >= 15 is 0 Å². The van der Waals surface area contributed by atoms with Gasteiger partial charge in [0, 0.05) is 18.7 Å². The zero-order chi connectivity index (χ0) is 32.3. The van der Waals surface area contributed by atoms with Crippen molar-refractivity contribution in [2.45, 2.75) is 98.3 Å². The van der Waals surface area contributed by atoms with Crippen LogP contribution < -0.4 is 10.6 Å². The van der Waals surface area contributed by atoms with E-state index in [2.05, 4.69) is 17.6 Å². The lowest BCUT2D eigenvalue weighted by Gasteiger charge is -2.35. The first-order chi connectivity index (χ1) is 20.9. The van der Waals surface area contributed by atoms with Gasteiger partial charge in [-0.15, -0.1) is 0 Å². The number of aryl methyl sites for hydroxylation is 3. The summed E-state index contributed by atoms with van der Waals surface area (Å²) in [6, 6.07) is 21.2. The van der Waals surface area contributed by atoms with Gasteiger partial charge in [0.15, 0.2) is 0 Å². The Kier molecular flexibility index (Phi) is 12.6. The first-order valence-corrected chi connectivity index (χ1v) is 15.7. The van der Waals surface area contributed by atoms with Crippen LogP contribution in [0.15, 0.2) is 72.8 Å². The maximum atomic E-state index is 14.7. The highest BCUT2D eigenvalue weighted by atomic mass is 16.6. The van der Waals surface area contributed by atoms with E-state index < -0.39 is 23.8 Å². The Morgan fingerprint density at radius 3 is 2.14 bits per heavy atom. The minimum absolute atomic E-state index is 0.253. The zero-order valence-corrected chi connectivity index (χ0v) is 27.4. The van der Waals surface area contributed by atoms with Crippen molar-refractivity contribution in [2.24, 2.45) is 0 Å². The van der Waals surface area contributed by atoms with Gasteiger partial charge in [0.25, 0.3) is 5.91 Å². The topological polar surface area (TPSA) is 87.7 Å². The van der Waals surface area contributed by atoms with E-state index in [1.807, 2.05) is 93.6 Å². The minimum atomic E-state index is -0.946. The Labute approximate surface area is 263 Å². The molecule has 2 N–H and O–H groups in total. The number of anilines is 1. The van der Waals surface area contributed by atoms with Crippen LogP contribution >= 0.6 is 0 Å². The normalized spacial score (nSPS) is 12.6. The zero-order valence-electron chi connectivity index (χ0n) is 27.4. The number of carbonyl (C=O) groups is 3. The van der Waals surface area contributed by atoms with Gasteiger partial charge >= 0.3 is 6.09 Å². The summed E-state index contributed by atoms with van der Waals surface area (Å²) < 4.78 is 5.56. The van der Waals surface area contributed by atoms with Crippen molar-refractivity contribution in [1.29, 1.82) is 0 Å². The number of alkyl carbamates (subject to hydrolysis) is 1. The number of hydrogen-bond acceptors (Lipinski definition) is 4. The number of ether oxygens (including phenoxy) is 1.